The minimum Gasteiger partial charge on any atom is -0.360 e. The molecule has 0 bridgehead atoms. The Morgan fingerprint density at radius 1 is 1.28 bits per heavy atom. The SMILES string of the molecule is Cc1noc(C)c1S(=O)(=O)N(C)CC(=O)Nc1ccccc1C(C)C. The molecule has 2 rings (SSSR count). The maximum Gasteiger partial charge on any atom is 0.248 e. The number of nitrogens with one attached hydrogen (secondary N) is 1. The van der Waals surface area contributed by atoms with Crippen molar-refractivity contribution in [1.29, 1.82) is 0 Å². The third-order valence-electron chi connectivity index (χ3n) is 3.86. The van der Waals surface area contributed by atoms with E-state index in [4.69, 9.17) is 4.52 Å². The molecule has 0 aliphatic heterocycles. The van der Waals surface area contributed by atoms with Crippen LogP contribution in [-0.2, 0) is 14.8 Å². The van der Waals surface area contributed by atoms with Gasteiger partial charge in [-0.05, 0) is 31.4 Å². The molecule has 25 heavy (non-hydrogen) atoms. The lowest BCUT2D eigenvalue weighted by molar-refractivity contribution is -0.116. The van der Waals surface area contributed by atoms with Crippen LogP contribution >= 0.6 is 0 Å². The molecule has 0 fully saturated rings. The van der Waals surface area contributed by atoms with Crippen molar-refractivity contribution in [3.63, 3.8) is 0 Å². The van der Waals surface area contributed by atoms with Gasteiger partial charge in [0.05, 0.1) is 6.54 Å². The van der Waals surface area contributed by atoms with Crippen molar-refractivity contribution in [2.45, 2.75) is 38.5 Å². The minimum atomic E-state index is -3.85. The zero-order valence-electron chi connectivity index (χ0n) is 15.0. The fraction of sp³-hybridized carbons (Fsp3) is 0.412. The molecule has 0 aliphatic carbocycles. The van der Waals surface area contributed by atoms with E-state index in [0.717, 1.165) is 9.87 Å². The van der Waals surface area contributed by atoms with E-state index in [1.807, 2.05) is 32.0 Å². The number of aryl methyl sites for hydroxylation is 2. The molecule has 1 aromatic carbocycles. The summed E-state index contributed by atoms with van der Waals surface area (Å²) in [6, 6.07) is 7.46. The van der Waals surface area contributed by atoms with Gasteiger partial charge in [-0.2, -0.15) is 4.31 Å². The molecule has 1 heterocycles. The summed E-state index contributed by atoms with van der Waals surface area (Å²) in [7, 11) is -2.50. The molecular formula is C17H23N3O4S. The van der Waals surface area contributed by atoms with Gasteiger partial charge in [0.25, 0.3) is 0 Å². The summed E-state index contributed by atoms with van der Waals surface area (Å²) in [5.74, 6) is 0.0288. The number of para-hydroxylation sites is 1. The zero-order chi connectivity index (χ0) is 18.8. The highest BCUT2D eigenvalue weighted by Crippen LogP contribution is 2.24. The van der Waals surface area contributed by atoms with Crippen molar-refractivity contribution in [3.05, 3.63) is 41.3 Å². The van der Waals surface area contributed by atoms with Gasteiger partial charge >= 0.3 is 0 Å². The van der Waals surface area contributed by atoms with Gasteiger partial charge < -0.3 is 9.84 Å². The summed E-state index contributed by atoms with van der Waals surface area (Å²) in [5.41, 5.74) is 1.95. The van der Waals surface area contributed by atoms with Crippen LogP contribution in [0.1, 0.15) is 36.8 Å². The van der Waals surface area contributed by atoms with E-state index in [1.54, 1.807) is 13.0 Å². The second-order valence-electron chi connectivity index (χ2n) is 6.20. The Balaban J connectivity index is 2.16. The number of nitrogens with zero attached hydrogens (tertiary/aromatic N) is 2. The highest BCUT2D eigenvalue weighted by atomic mass is 32.2. The van der Waals surface area contributed by atoms with Gasteiger partial charge in [0.1, 0.15) is 10.6 Å². The second kappa shape index (κ2) is 7.37. The van der Waals surface area contributed by atoms with Crippen molar-refractivity contribution in [2.24, 2.45) is 0 Å². The molecule has 1 N–H and O–H groups in total. The standard InChI is InChI=1S/C17H23N3O4S/c1-11(2)14-8-6-7-9-15(14)18-16(21)10-20(5)25(22,23)17-12(3)19-24-13(17)4/h6-9,11H,10H2,1-5H3,(H,18,21). The molecule has 0 saturated carbocycles. The number of aromatic nitrogens is 1. The molecule has 7 nitrogen and oxygen atoms in total. The number of amides is 1. The van der Waals surface area contributed by atoms with Crippen LogP contribution in [-0.4, -0.2) is 37.4 Å². The molecule has 0 saturated heterocycles. The molecule has 0 spiro atoms. The molecule has 1 aromatic heterocycles. The zero-order valence-corrected chi connectivity index (χ0v) is 15.8. The normalized spacial score (nSPS) is 12.0. The van der Waals surface area contributed by atoms with Gasteiger partial charge in [-0.15, -0.1) is 0 Å². The first-order valence-electron chi connectivity index (χ1n) is 7.92. The number of hydrogen-bond acceptors (Lipinski definition) is 5. The van der Waals surface area contributed by atoms with E-state index in [2.05, 4.69) is 10.5 Å². The predicted molar refractivity (Wildman–Crippen MR) is 95.0 cm³/mol. The quantitative estimate of drug-likeness (QED) is 0.849. The average Bonchev–Trinajstić information content (AvgIpc) is 2.86. The molecule has 136 valence electrons. The third-order valence-corrected chi connectivity index (χ3v) is 5.91. The number of benzene rings is 1. The van der Waals surface area contributed by atoms with Crippen LogP contribution in [0.5, 0.6) is 0 Å². The van der Waals surface area contributed by atoms with Crippen molar-refractivity contribution in [3.8, 4) is 0 Å². The van der Waals surface area contributed by atoms with E-state index in [9.17, 15) is 13.2 Å². The largest absolute Gasteiger partial charge is 0.360 e. The van der Waals surface area contributed by atoms with Crippen LogP contribution in [0, 0.1) is 13.8 Å². The van der Waals surface area contributed by atoms with Crippen LogP contribution in [0.15, 0.2) is 33.7 Å². The van der Waals surface area contributed by atoms with E-state index in [-0.39, 0.29) is 28.8 Å². The van der Waals surface area contributed by atoms with Crippen molar-refractivity contribution in [1.82, 2.24) is 9.46 Å². The highest BCUT2D eigenvalue weighted by molar-refractivity contribution is 7.89. The lowest BCUT2D eigenvalue weighted by atomic mass is 10.0. The molecule has 0 atom stereocenters. The summed E-state index contributed by atoms with van der Waals surface area (Å²) in [4.78, 5) is 12.3. The Kier molecular flexibility index (Phi) is 5.64. The maximum atomic E-state index is 12.6. The summed E-state index contributed by atoms with van der Waals surface area (Å²) in [5, 5.41) is 6.45. The first-order valence-corrected chi connectivity index (χ1v) is 9.36. The Morgan fingerprint density at radius 3 is 2.48 bits per heavy atom. The van der Waals surface area contributed by atoms with E-state index < -0.39 is 15.9 Å². The van der Waals surface area contributed by atoms with Gasteiger partial charge in [0, 0.05) is 12.7 Å². The number of sulfonamides is 1. The molecule has 0 aliphatic rings. The number of rotatable bonds is 6. The molecule has 0 radical (unpaired) electrons. The van der Waals surface area contributed by atoms with Gasteiger partial charge in [-0.3, -0.25) is 4.79 Å². The van der Waals surface area contributed by atoms with Gasteiger partial charge in [-0.1, -0.05) is 37.2 Å². The molecule has 8 heteroatoms. The van der Waals surface area contributed by atoms with Gasteiger partial charge in [0.15, 0.2) is 5.76 Å². The topological polar surface area (TPSA) is 92.5 Å². The first kappa shape index (κ1) is 19.1. The van der Waals surface area contributed by atoms with Crippen LogP contribution in [0.4, 0.5) is 5.69 Å². The Hall–Kier alpha value is -2.19. The van der Waals surface area contributed by atoms with Gasteiger partial charge in [0.2, 0.25) is 15.9 Å². The summed E-state index contributed by atoms with van der Waals surface area (Å²) < 4.78 is 31.2. The number of hydrogen-bond donors (Lipinski definition) is 1. The van der Waals surface area contributed by atoms with Crippen molar-refractivity contribution >= 4 is 21.6 Å². The number of likely N-dealkylation sites (N-methyl/N-ethyl adjacent to an activating group) is 1. The highest BCUT2D eigenvalue weighted by Gasteiger charge is 2.29. The van der Waals surface area contributed by atoms with Crippen molar-refractivity contribution < 1.29 is 17.7 Å². The number of carbonyl (C=O) groups is 1. The summed E-state index contributed by atoms with van der Waals surface area (Å²) in [6.45, 7) is 6.83. The third kappa shape index (κ3) is 4.08. The lowest BCUT2D eigenvalue weighted by Gasteiger charge is -2.18. The number of carbonyl (C=O) groups excluding carboxylic acids is 1. The predicted octanol–water partition coefficient (Wildman–Crippen LogP) is 2.67. The van der Waals surface area contributed by atoms with Gasteiger partial charge in [-0.25, -0.2) is 8.42 Å². The second-order valence-corrected chi connectivity index (χ2v) is 8.19. The van der Waals surface area contributed by atoms with Crippen LogP contribution in [0.3, 0.4) is 0 Å². The molecule has 0 unspecified atom stereocenters. The van der Waals surface area contributed by atoms with E-state index in [0.29, 0.717) is 5.69 Å². The lowest BCUT2D eigenvalue weighted by Crippen LogP contribution is -2.35. The van der Waals surface area contributed by atoms with E-state index >= 15 is 0 Å². The summed E-state index contributed by atoms with van der Waals surface area (Å²) in [6.07, 6.45) is 0. The van der Waals surface area contributed by atoms with Crippen LogP contribution < -0.4 is 5.32 Å². The fourth-order valence-electron chi connectivity index (χ4n) is 2.59. The fourth-order valence-corrected chi connectivity index (χ4v) is 4.00. The number of anilines is 1. The minimum absolute atomic E-state index is 0.00498. The molecular weight excluding hydrogens is 342 g/mol. The molecule has 1 amide bonds. The molecule has 2 aromatic rings. The smallest absolute Gasteiger partial charge is 0.248 e. The van der Waals surface area contributed by atoms with Crippen molar-refractivity contribution in [2.75, 3.05) is 18.9 Å². The first-order chi connectivity index (χ1) is 11.6. The Labute approximate surface area is 148 Å². The Bertz CT molecular complexity index is 852. The average molecular weight is 365 g/mol. The Morgan fingerprint density at radius 2 is 1.92 bits per heavy atom. The van der Waals surface area contributed by atoms with E-state index in [1.165, 1.54) is 14.0 Å². The van der Waals surface area contributed by atoms with Crippen LogP contribution in [0.25, 0.3) is 0 Å². The summed E-state index contributed by atoms with van der Waals surface area (Å²) >= 11 is 0. The maximum absolute atomic E-state index is 12.6. The van der Waals surface area contributed by atoms with Crippen LogP contribution in [0.2, 0.25) is 0 Å². The monoisotopic (exact) mass is 365 g/mol.